The minimum Gasteiger partial charge on any atom is -0.326 e. The van der Waals surface area contributed by atoms with Crippen molar-refractivity contribution in [3.8, 4) is 0 Å². The smallest absolute Gasteiger partial charge is 0.225 e. The van der Waals surface area contributed by atoms with Crippen LogP contribution in [0.25, 0.3) is 0 Å². The molecule has 0 aliphatic carbocycles. The molecule has 1 aromatic carbocycles. The lowest BCUT2D eigenvalue weighted by Gasteiger charge is -2.10. The van der Waals surface area contributed by atoms with E-state index in [9.17, 15) is 9.18 Å². The summed E-state index contributed by atoms with van der Waals surface area (Å²) in [6, 6.07) is 4.11. The van der Waals surface area contributed by atoms with Gasteiger partial charge in [-0.1, -0.05) is 11.6 Å². The Morgan fingerprint density at radius 3 is 2.74 bits per heavy atom. The number of amides is 1. The molecule has 106 valence electrons. The Balaban J connectivity index is 2.25. The van der Waals surface area contributed by atoms with Crippen LogP contribution in [0.15, 0.2) is 18.2 Å². The summed E-state index contributed by atoms with van der Waals surface area (Å²) in [4.78, 5) is 13.7. The molecule has 0 atom stereocenters. The van der Waals surface area contributed by atoms with Crippen molar-refractivity contribution in [1.29, 1.82) is 0 Å². The number of likely N-dealkylation sites (N-methyl/N-ethyl adjacent to an activating group) is 1. The number of carbonyl (C=O) groups excluding carboxylic acids is 1. The summed E-state index contributed by atoms with van der Waals surface area (Å²) < 4.78 is 12.9. The zero-order valence-corrected chi connectivity index (χ0v) is 11.9. The van der Waals surface area contributed by atoms with Crippen LogP contribution in [-0.4, -0.2) is 44.5 Å². The van der Waals surface area contributed by atoms with Crippen molar-refractivity contribution in [3.63, 3.8) is 0 Å². The van der Waals surface area contributed by atoms with Gasteiger partial charge in [-0.15, -0.1) is 0 Å². The van der Waals surface area contributed by atoms with E-state index >= 15 is 0 Å². The van der Waals surface area contributed by atoms with Gasteiger partial charge >= 0.3 is 0 Å². The van der Waals surface area contributed by atoms with E-state index in [1.54, 1.807) is 0 Å². The average molecular weight is 288 g/mol. The topological polar surface area (TPSA) is 44.4 Å². The maximum absolute atomic E-state index is 12.9. The van der Waals surface area contributed by atoms with E-state index in [1.807, 2.05) is 14.1 Å². The normalized spacial score (nSPS) is 10.8. The van der Waals surface area contributed by atoms with Gasteiger partial charge in [0.2, 0.25) is 5.91 Å². The van der Waals surface area contributed by atoms with Crippen molar-refractivity contribution in [2.45, 2.75) is 6.42 Å². The Bertz CT molecular complexity index is 426. The first-order valence-corrected chi connectivity index (χ1v) is 6.47. The van der Waals surface area contributed by atoms with Crippen LogP contribution in [-0.2, 0) is 4.79 Å². The Labute approximate surface area is 117 Å². The van der Waals surface area contributed by atoms with Gasteiger partial charge in [-0.2, -0.15) is 0 Å². The molecule has 0 saturated carbocycles. The molecule has 1 amide bonds. The molecule has 0 aliphatic heterocycles. The molecule has 0 spiro atoms. The standard InChI is InChI=1S/C13H19ClFN3O/c1-18(2)8-7-16-6-5-13(19)17-10-3-4-12(15)11(14)9-10/h3-4,9,16H,5-8H2,1-2H3,(H,17,19). The first-order chi connectivity index (χ1) is 8.99. The average Bonchev–Trinajstić information content (AvgIpc) is 2.33. The summed E-state index contributed by atoms with van der Waals surface area (Å²) in [6.45, 7) is 2.37. The number of nitrogens with zero attached hydrogens (tertiary/aromatic N) is 1. The van der Waals surface area contributed by atoms with Crippen molar-refractivity contribution >= 4 is 23.2 Å². The summed E-state index contributed by atoms with van der Waals surface area (Å²) in [5.74, 6) is -0.620. The first kappa shape index (κ1) is 15.9. The number of hydrogen-bond donors (Lipinski definition) is 2. The number of nitrogens with one attached hydrogen (secondary N) is 2. The van der Waals surface area contributed by atoms with Crippen LogP contribution in [0.1, 0.15) is 6.42 Å². The highest BCUT2D eigenvalue weighted by Crippen LogP contribution is 2.19. The van der Waals surface area contributed by atoms with E-state index < -0.39 is 5.82 Å². The molecule has 0 radical (unpaired) electrons. The molecular formula is C13H19ClFN3O. The number of rotatable bonds is 7. The zero-order valence-electron chi connectivity index (χ0n) is 11.2. The Morgan fingerprint density at radius 1 is 1.37 bits per heavy atom. The minimum atomic E-state index is -0.495. The third kappa shape index (κ3) is 6.52. The van der Waals surface area contributed by atoms with Crippen molar-refractivity contribution in [2.24, 2.45) is 0 Å². The lowest BCUT2D eigenvalue weighted by molar-refractivity contribution is -0.116. The fraction of sp³-hybridized carbons (Fsp3) is 0.462. The van der Waals surface area contributed by atoms with E-state index in [1.165, 1.54) is 18.2 Å². The lowest BCUT2D eigenvalue weighted by atomic mass is 10.3. The van der Waals surface area contributed by atoms with E-state index in [2.05, 4.69) is 15.5 Å². The van der Waals surface area contributed by atoms with Crippen molar-refractivity contribution in [2.75, 3.05) is 39.0 Å². The van der Waals surface area contributed by atoms with Gasteiger partial charge < -0.3 is 15.5 Å². The molecule has 1 aromatic rings. The van der Waals surface area contributed by atoms with Crippen molar-refractivity contribution < 1.29 is 9.18 Å². The van der Waals surface area contributed by atoms with Gasteiger partial charge in [0.25, 0.3) is 0 Å². The van der Waals surface area contributed by atoms with Crippen LogP contribution in [0, 0.1) is 5.82 Å². The third-order valence-electron chi connectivity index (χ3n) is 2.47. The Hall–Kier alpha value is -1.17. The van der Waals surface area contributed by atoms with E-state index in [-0.39, 0.29) is 10.9 Å². The molecule has 1 rings (SSSR count). The predicted molar refractivity (Wildman–Crippen MR) is 76.1 cm³/mol. The quantitative estimate of drug-likeness (QED) is 0.754. The van der Waals surface area contributed by atoms with Crippen LogP contribution < -0.4 is 10.6 Å². The van der Waals surface area contributed by atoms with Crippen LogP contribution in [0.4, 0.5) is 10.1 Å². The van der Waals surface area contributed by atoms with E-state index in [4.69, 9.17) is 11.6 Å². The largest absolute Gasteiger partial charge is 0.326 e. The lowest BCUT2D eigenvalue weighted by Crippen LogP contribution is -2.29. The number of halogens is 2. The highest BCUT2D eigenvalue weighted by molar-refractivity contribution is 6.31. The molecule has 0 fully saturated rings. The van der Waals surface area contributed by atoms with Gasteiger partial charge in [-0.05, 0) is 32.3 Å². The maximum Gasteiger partial charge on any atom is 0.225 e. The first-order valence-electron chi connectivity index (χ1n) is 6.09. The van der Waals surface area contributed by atoms with Crippen LogP contribution in [0.3, 0.4) is 0 Å². The molecule has 0 saturated heterocycles. The van der Waals surface area contributed by atoms with Gasteiger partial charge in [-0.25, -0.2) is 4.39 Å². The molecule has 2 N–H and O–H groups in total. The summed E-state index contributed by atoms with van der Waals surface area (Å²) in [6.07, 6.45) is 0.364. The molecule has 0 unspecified atom stereocenters. The van der Waals surface area contributed by atoms with Crippen LogP contribution in [0.2, 0.25) is 5.02 Å². The van der Waals surface area contributed by atoms with Crippen molar-refractivity contribution in [1.82, 2.24) is 10.2 Å². The second-order valence-corrected chi connectivity index (χ2v) is 4.89. The van der Waals surface area contributed by atoms with E-state index in [0.29, 0.717) is 18.7 Å². The fourth-order valence-corrected chi connectivity index (χ4v) is 1.61. The Morgan fingerprint density at radius 2 is 2.11 bits per heavy atom. The highest BCUT2D eigenvalue weighted by atomic mass is 35.5. The SMILES string of the molecule is CN(C)CCNCCC(=O)Nc1ccc(F)c(Cl)c1. The second kappa shape index (κ2) is 8.09. The molecular weight excluding hydrogens is 269 g/mol. The number of anilines is 1. The summed E-state index contributed by atoms with van der Waals surface area (Å²) in [7, 11) is 3.99. The highest BCUT2D eigenvalue weighted by Gasteiger charge is 2.05. The minimum absolute atomic E-state index is 0.00177. The number of carbonyl (C=O) groups is 1. The fourth-order valence-electron chi connectivity index (χ4n) is 1.43. The summed E-state index contributed by atoms with van der Waals surface area (Å²) >= 11 is 5.63. The molecule has 6 heteroatoms. The van der Waals surface area contributed by atoms with Crippen LogP contribution in [0.5, 0.6) is 0 Å². The molecule has 19 heavy (non-hydrogen) atoms. The van der Waals surface area contributed by atoms with E-state index in [0.717, 1.165) is 13.1 Å². The molecule has 0 heterocycles. The number of benzene rings is 1. The number of hydrogen-bond acceptors (Lipinski definition) is 3. The maximum atomic E-state index is 12.9. The molecule has 0 aromatic heterocycles. The van der Waals surface area contributed by atoms with Gasteiger partial charge in [0.05, 0.1) is 5.02 Å². The molecule has 4 nitrogen and oxygen atoms in total. The Kier molecular flexibility index (Phi) is 6.77. The van der Waals surface area contributed by atoms with Crippen LogP contribution >= 0.6 is 11.6 Å². The third-order valence-corrected chi connectivity index (χ3v) is 2.76. The summed E-state index contributed by atoms with van der Waals surface area (Å²) in [5, 5.41) is 5.84. The molecule has 0 aliphatic rings. The molecule has 0 bridgehead atoms. The zero-order chi connectivity index (χ0) is 14.3. The van der Waals surface area contributed by atoms with Gasteiger partial charge in [-0.3, -0.25) is 4.79 Å². The monoisotopic (exact) mass is 287 g/mol. The van der Waals surface area contributed by atoms with Gasteiger partial charge in [0.15, 0.2) is 0 Å². The predicted octanol–water partition coefficient (Wildman–Crippen LogP) is 1.96. The van der Waals surface area contributed by atoms with Gasteiger partial charge in [0.1, 0.15) is 5.82 Å². The summed E-state index contributed by atoms with van der Waals surface area (Å²) in [5.41, 5.74) is 0.504. The van der Waals surface area contributed by atoms with Crippen molar-refractivity contribution in [3.05, 3.63) is 29.0 Å². The second-order valence-electron chi connectivity index (χ2n) is 4.48. The van der Waals surface area contributed by atoms with Gasteiger partial charge in [0, 0.05) is 31.7 Å².